The van der Waals surface area contributed by atoms with E-state index >= 15 is 0 Å². The number of hydrogen-bond donors (Lipinski definition) is 2. The average Bonchev–Trinajstić information content (AvgIpc) is 3.02. The van der Waals surface area contributed by atoms with E-state index in [-0.39, 0.29) is 23.5 Å². The van der Waals surface area contributed by atoms with Crippen LogP contribution in [0.1, 0.15) is 34.1 Å². The van der Waals surface area contributed by atoms with Gasteiger partial charge in [-0.15, -0.1) is 0 Å². The Bertz CT molecular complexity index is 739. The summed E-state index contributed by atoms with van der Waals surface area (Å²) in [6.45, 7) is 2.98. The van der Waals surface area contributed by atoms with Crippen LogP contribution in [-0.2, 0) is 4.74 Å². The number of nitrogens with one attached hydrogen (secondary N) is 2. The Hall–Kier alpha value is -2.40. The van der Waals surface area contributed by atoms with E-state index in [1.807, 2.05) is 18.2 Å². The molecule has 2 N–H and O–H groups in total. The SMILES string of the molecule is Cc1[nH]c(=O)ccc1C(=O)NC[C@H]1CCO[C@@H]1c1ccccc1. The molecule has 1 aromatic carbocycles. The van der Waals surface area contributed by atoms with Gasteiger partial charge in [-0.25, -0.2) is 0 Å². The minimum absolute atomic E-state index is 0.0215. The second kappa shape index (κ2) is 6.79. The fraction of sp³-hybridized carbons (Fsp3) is 0.333. The van der Waals surface area contributed by atoms with Gasteiger partial charge in [-0.1, -0.05) is 30.3 Å². The molecule has 1 saturated heterocycles. The van der Waals surface area contributed by atoms with Crippen molar-refractivity contribution in [2.45, 2.75) is 19.4 Å². The second-order valence-corrected chi connectivity index (χ2v) is 5.82. The van der Waals surface area contributed by atoms with E-state index in [4.69, 9.17) is 4.74 Å². The molecule has 0 radical (unpaired) electrons. The van der Waals surface area contributed by atoms with E-state index in [9.17, 15) is 9.59 Å². The van der Waals surface area contributed by atoms with Gasteiger partial charge in [-0.3, -0.25) is 9.59 Å². The molecule has 5 heteroatoms. The minimum Gasteiger partial charge on any atom is -0.373 e. The molecular weight excluding hydrogens is 292 g/mol. The monoisotopic (exact) mass is 312 g/mol. The third kappa shape index (κ3) is 3.51. The number of benzene rings is 1. The summed E-state index contributed by atoms with van der Waals surface area (Å²) in [4.78, 5) is 26.2. The number of aromatic nitrogens is 1. The Labute approximate surface area is 134 Å². The van der Waals surface area contributed by atoms with Crippen LogP contribution >= 0.6 is 0 Å². The van der Waals surface area contributed by atoms with Gasteiger partial charge >= 0.3 is 0 Å². The van der Waals surface area contributed by atoms with Crippen LogP contribution in [-0.4, -0.2) is 24.0 Å². The van der Waals surface area contributed by atoms with Crippen molar-refractivity contribution in [2.24, 2.45) is 5.92 Å². The number of hydrogen-bond acceptors (Lipinski definition) is 3. The van der Waals surface area contributed by atoms with Crippen LogP contribution < -0.4 is 10.9 Å². The number of amides is 1. The van der Waals surface area contributed by atoms with Crippen molar-refractivity contribution in [3.63, 3.8) is 0 Å². The number of ether oxygens (including phenoxy) is 1. The van der Waals surface area contributed by atoms with Gasteiger partial charge < -0.3 is 15.0 Å². The van der Waals surface area contributed by atoms with Gasteiger partial charge in [0.1, 0.15) is 0 Å². The van der Waals surface area contributed by atoms with Crippen molar-refractivity contribution in [3.05, 3.63) is 69.6 Å². The Balaban J connectivity index is 1.65. The fourth-order valence-corrected chi connectivity index (χ4v) is 3.00. The van der Waals surface area contributed by atoms with E-state index in [1.54, 1.807) is 13.0 Å². The number of aromatic amines is 1. The molecule has 0 bridgehead atoms. The molecule has 5 nitrogen and oxygen atoms in total. The smallest absolute Gasteiger partial charge is 0.253 e. The number of carbonyl (C=O) groups excluding carboxylic acids is 1. The maximum absolute atomic E-state index is 12.3. The zero-order chi connectivity index (χ0) is 16.2. The lowest BCUT2D eigenvalue weighted by atomic mass is 9.95. The summed E-state index contributed by atoms with van der Waals surface area (Å²) in [6.07, 6.45) is 0.943. The number of aryl methyl sites for hydroxylation is 1. The van der Waals surface area contributed by atoms with Gasteiger partial charge in [0, 0.05) is 30.8 Å². The van der Waals surface area contributed by atoms with Crippen LogP contribution in [0, 0.1) is 12.8 Å². The van der Waals surface area contributed by atoms with Crippen molar-refractivity contribution in [1.82, 2.24) is 10.3 Å². The van der Waals surface area contributed by atoms with E-state index in [1.165, 1.54) is 6.07 Å². The molecule has 1 fully saturated rings. The van der Waals surface area contributed by atoms with E-state index in [0.29, 0.717) is 24.4 Å². The molecule has 0 spiro atoms. The largest absolute Gasteiger partial charge is 0.373 e. The number of H-pyrrole nitrogens is 1. The van der Waals surface area contributed by atoms with Crippen LogP contribution in [0.3, 0.4) is 0 Å². The predicted octanol–water partition coefficient (Wildman–Crippen LogP) is 2.19. The molecule has 0 aliphatic carbocycles. The third-order valence-electron chi connectivity index (χ3n) is 4.23. The van der Waals surface area contributed by atoms with Crippen molar-refractivity contribution >= 4 is 5.91 Å². The zero-order valence-corrected chi connectivity index (χ0v) is 13.0. The second-order valence-electron chi connectivity index (χ2n) is 5.82. The summed E-state index contributed by atoms with van der Waals surface area (Å²) in [5, 5.41) is 2.96. The van der Waals surface area contributed by atoms with Crippen LogP contribution in [0.2, 0.25) is 0 Å². The Morgan fingerprint density at radius 2 is 2.04 bits per heavy atom. The number of carbonyl (C=O) groups is 1. The van der Waals surface area contributed by atoms with Gasteiger partial charge in [0.25, 0.3) is 5.91 Å². The predicted molar refractivity (Wildman–Crippen MR) is 87.4 cm³/mol. The lowest BCUT2D eigenvalue weighted by Gasteiger charge is -2.19. The Morgan fingerprint density at radius 1 is 1.26 bits per heavy atom. The first-order valence-electron chi connectivity index (χ1n) is 7.80. The van der Waals surface area contributed by atoms with Crippen LogP contribution in [0.15, 0.2) is 47.3 Å². The number of pyridine rings is 1. The molecule has 2 atom stereocenters. The lowest BCUT2D eigenvalue weighted by molar-refractivity contribution is 0.0846. The quantitative estimate of drug-likeness (QED) is 0.909. The van der Waals surface area contributed by atoms with E-state index < -0.39 is 0 Å². The molecular formula is C18H20N2O3. The van der Waals surface area contributed by atoms with Gasteiger partial charge in [0.05, 0.1) is 11.7 Å². The molecule has 1 aliphatic rings. The van der Waals surface area contributed by atoms with Crippen LogP contribution in [0.25, 0.3) is 0 Å². The van der Waals surface area contributed by atoms with Crippen LogP contribution in [0.5, 0.6) is 0 Å². The summed E-state index contributed by atoms with van der Waals surface area (Å²) in [7, 11) is 0. The van der Waals surface area contributed by atoms with Gasteiger partial charge in [0.15, 0.2) is 0 Å². The van der Waals surface area contributed by atoms with E-state index in [0.717, 1.165) is 12.0 Å². The minimum atomic E-state index is -0.201. The van der Waals surface area contributed by atoms with Gasteiger partial charge in [0.2, 0.25) is 5.56 Å². The molecule has 120 valence electrons. The summed E-state index contributed by atoms with van der Waals surface area (Å²) in [6, 6.07) is 13.0. The van der Waals surface area contributed by atoms with Crippen molar-refractivity contribution in [2.75, 3.05) is 13.2 Å². The normalized spacial score (nSPS) is 20.4. The Morgan fingerprint density at radius 3 is 2.78 bits per heavy atom. The maximum atomic E-state index is 12.3. The molecule has 2 aromatic rings. The van der Waals surface area contributed by atoms with Crippen LogP contribution in [0.4, 0.5) is 0 Å². The highest BCUT2D eigenvalue weighted by atomic mass is 16.5. The molecule has 1 aliphatic heterocycles. The fourth-order valence-electron chi connectivity index (χ4n) is 3.00. The summed E-state index contributed by atoms with van der Waals surface area (Å²) in [5.41, 5.74) is 2.02. The molecule has 23 heavy (non-hydrogen) atoms. The van der Waals surface area contributed by atoms with E-state index in [2.05, 4.69) is 22.4 Å². The highest BCUT2D eigenvalue weighted by Crippen LogP contribution is 2.33. The topological polar surface area (TPSA) is 71.2 Å². The molecule has 1 aromatic heterocycles. The molecule has 2 heterocycles. The molecule has 0 unspecified atom stereocenters. The van der Waals surface area contributed by atoms with Gasteiger partial charge in [-0.05, 0) is 25.0 Å². The van der Waals surface area contributed by atoms with Crippen molar-refractivity contribution in [3.8, 4) is 0 Å². The average molecular weight is 312 g/mol. The molecule has 0 saturated carbocycles. The zero-order valence-electron chi connectivity index (χ0n) is 13.0. The molecule has 3 rings (SSSR count). The molecule has 1 amide bonds. The first-order valence-corrected chi connectivity index (χ1v) is 7.80. The third-order valence-corrected chi connectivity index (χ3v) is 4.23. The highest BCUT2D eigenvalue weighted by molar-refractivity contribution is 5.95. The highest BCUT2D eigenvalue weighted by Gasteiger charge is 2.29. The van der Waals surface area contributed by atoms with Crippen molar-refractivity contribution < 1.29 is 9.53 Å². The summed E-state index contributed by atoms with van der Waals surface area (Å²) in [5.74, 6) is 0.0851. The van der Waals surface area contributed by atoms with Crippen molar-refractivity contribution in [1.29, 1.82) is 0 Å². The van der Waals surface area contributed by atoms with Gasteiger partial charge in [-0.2, -0.15) is 0 Å². The summed E-state index contributed by atoms with van der Waals surface area (Å²) < 4.78 is 5.83. The standard InChI is InChI=1S/C18H20N2O3/c1-12-15(7-8-16(21)20-12)18(22)19-11-14-9-10-23-17(14)13-5-3-2-4-6-13/h2-8,14,17H,9-11H2,1H3,(H,19,22)(H,20,21)/t14-,17-/m1/s1. The summed E-state index contributed by atoms with van der Waals surface area (Å²) >= 11 is 0. The number of rotatable bonds is 4. The lowest BCUT2D eigenvalue weighted by Crippen LogP contribution is -2.31. The Kier molecular flexibility index (Phi) is 4.57. The first kappa shape index (κ1) is 15.5. The first-order chi connectivity index (χ1) is 11.1. The maximum Gasteiger partial charge on any atom is 0.253 e.